The van der Waals surface area contributed by atoms with E-state index in [0.29, 0.717) is 17.3 Å². The van der Waals surface area contributed by atoms with E-state index in [2.05, 4.69) is 10.3 Å². The SMILES string of the molecule is Cc1ccc(Cl)cc1N(CCC(=O)NCc1cccnc1)S(C)(=O)=O. The van der Waals surface area contributed by atoms with Crippen LogP contribution in [0.2, 0.25) is 5.02 Å². The highest BCUT2D eigenvalue weighted by atomic mass is 35.5. The lowest BCUT2D eigenvalue weighted by Crippen LogP contribution is -2.35. The Morgan fingerprint density at radius 1 is 1.32 bits per heavy atom. The van der Waals surface area contributed by atoms with E-state index >= 15 is 0 Å². The van der Waals surface area contributed by atoms with Gasteiger partial charge in [-0.1, -0.05) is 23.7 Å². The van der Waals surface area contributed by atoms with Gasteiger partial charge in [0.25, 0.3) is 0 Å². The third-order valence-corrected chi connectivity index (χ3v) is 5.01. The zero-order valence-corrected chi connectivity index (χ0v) is 15.6. The predicted molar refractivity (Wildman–Crippen MR) is 99.1 cm³/mol. The number of hydrogen-bond donors (Lipinski definition) is 1. The molecule has 6 nitrogen and oxygen atoms in total. The van der Waals surface area contributed by atoms with Crippen molar-refractivity contribution >= 4 is 33.2 Å². The molecule has 1 amide bonds. The van der Waals surface area contributed by atoms with Crippen molar-refractivity contribution in [3.63, 3.8) is 0 Å². The smallest absolute Gasteiger partial charge is 0.232 e. The average Bonchev–Trinajstić information content (AvgIpc) is 2.56. The maximum atomic E-state index is 12.1. The Morgan fingerprint density at radius 3 is 2.72 bits per heavy atom. The summed E-state index contributed by atoms with van der Waals surface area (Å²) in [4.78, 5) is 16.0. The first-order valence-electron chi connectivity index (χ1n) is 7.67. The minimum absolute atomic E-state index is 0.0406. The molecule has 2 rings (SSSR count). The van der Waals surface area contributed by atoms with Crippen LogP contribution in [0.25, 0.3) is 0 Å². The number of nitrogens with one attached hydrogen (secondary N) is 1. The van der Waals surface area contributed by atoms with Crippen molar-refractivity contribution in [3.05, 3.63) is 58.9 Å². The number of carbonyl (C=O) groups is 1. The van der Waals surface area contributed by atoms with Gasteiger partial charge in [0.05, 0.1) is 11.9 Å². The molecule has 134 valence electrons. The normalized spacial score (nSPS) is 11.2. The van der Waals surface area contributed by atoms with Gasteiger partial charge >= 0.3 is 0 Å². The van der Waals surface area contributed by atoms with Gasteiger partial charge in [0, 0.05) is 36.9 Å². The molecule has 0 aliphatic carbocycles. The maximum Gasteiger partial charge on any atom is 0.232 e. The Morgan fingerprint density at radius 2 is 2.08 bits per heavy atom. The number of pyridine rings is 1. The summed E-state index contributed by atoms with van der Waals surface area (Å²) in [5.41, 5.74) is 2.13. The molecule has 8 heteroatoms. The van der Waals surface area contributed by atoms with Crippen molar-refractivity contribution < 1.29 is 13.2 Å². The van der Waals surface area contributed by atoms with Crippen LogP contribution in [0.1, 0.15) is 17.5 Å². The summed E-state index contributed by atoms with van der Waals surface area (Å²) in [6.07, 6.45) is 4.47. The van der Waals surface area contributed by atoms with E-state index in [0.717, 1.165) is 17.4 Å². The van der Waals surface area contributed by atoms with Gasteiger partial charge in [-0.15, -0.1) is 0 Å². The number of rotatable bonds is 7. The largest absolute Gasteiger partial charge is 0.352 e. The molecule has 2 aromatic rings. The van der Waals surface area contributed by atoms with Crippen LogP contribution in [-0.2, 0) is 21.4 Å². The fraction of sp³-hybridized carbons (Fsp3) is 0.294. The van der Waals surface area contributed by atoms with E-state index in [4.69, 9.17) is 11.6 Å². The average molecular weight is 382 g/mol. The Hall–Kier alpha value is -2.12. The molecule has 1 heterocycles. The van der Waals surface area contributed by atoms with Crippen molar-refractivity contribution in [1.29, 1.82) is 0 Å². The Bertz CT molecular complexity index is 841. The number of aromatic nitrogens is 1. The van der Waals surface area contributed by atoms with E-state index in [-0.39, 0.29) is 18.9 Å². The van der Waals surface area contributed by atoms with E-state index in [9.17, 15) is 13.2 Å². The fourth-order valence-corrected chi connectivity index (χ4v) is 3.45. The lowest BCUT2D eigenvalue weighted by molar-refractivity contribution is -0.121. The maximum absolute atomic E-state index is 12.1. The van der Waals surface area contributed by atoms with E-state index in [1.165, 1.54) is 4.31 Å². The highest BCUT2D eigenvalue weighted by molar-refractivity contribution is 7.92. The highest BCUT2D eigenvalue weighted by Gasteiger charge is 2.20. The molecule has 0 atom stereocenters. The van der Waals surface area contributed by atoms with Crippen LogP contribution in [0.15, 0.2) is 42.7 Å². The minimum atomic E-state index is -3.54. The Kier molecular flexibility index (Phi) is 6.39. The quantitative estimate of drug-likeness (QED) is 0.799. The van der Waals surface area contributed by atoms with Gasteiger partial charge in [0.1, 0.15) is 0 Å². The van der Waals surface area contributed by atoms with Crippen LogP contribution >= 0.6 is 11.6 Å². The van der Waals surface area contributed by atoms with E-state index in [1.807, 2.05) is 6.07 Å². The van der Waals surface area contributed by atoms with Crippen LogP contribution < -0.4 is 9.62 Å². The van der Waals surface area contributed by atoms with Gasteiger partial charge in [0.15, 0.2) is 0 Å². The fourth-order valence-electron chi connectivity index (χ4n) is 2.31. The number of carbonyl (C=O) groups excluding carboxylic acids is 1. The standard InChI is InChI=1S/C17H20ClN3O3S/c1-13-5-6-15(18)10-16(13)21(25(2,23)24)9-7-17(22)20-12-14-4-3-8-19-11-14/h3-6,8,10-11H,7,9,12H2,1-2H3,(H,20,22). The Balaban J connectivity index is 2.03. The van der Waals surface area contributed by atoms with Crippen molar-refractivity contribution in [2.24, 2.45) is 0 Å². The molecule has 25 heavy (non-hydrogen) atoms. The van der Waals surface area contributed by atoms with Crippen LogP contribution in [-0.4, -0.2) is 32.1 Å². The zero-order chi connectivity index (χ0) is 18.4. The molecule has 0 radical (unpaired) electrons. The van der Waals surface area contributed by atoms with Gasteiger partial charge in [0.2, 0.25) is 15.9 Å². The number of benzene rings is 1. The summed E-state index contributed by atoms with van der Waals surface area (Å²) >= 11 is 5.98. The summed E-state index contributed by atoms with van der Waals surface area (Å²) in [5.74, 6) is -0.239. The number of amides is 1. The Labute approximate surface area is 152 Å². The summed E-state index contributed by atoms with van der Waals surface area (Å²) in [5, 5.41) is 3.20. The summed E-state index contributed by atoms with van der Waals surface area (Å²) in [6, 6.07) is 8.67. The van der Waals surface area contributed by atoms with Crippen LogP contribution in [0.5, 0.6) is 0 Å². The topological polar surface area (TPSA) is 79.4 Å². The first kappa shape index (κ1) is 19.2. The number of aryl methyl sites for hydroxylation is 1. The van der Waals surface area contributed by atoms with Crippen LogP contribution in [0.4, 0.5) is 5.69 Å². The molecule has 1 aromatic carbocycles. The molecule has 0 aliphatic heterocycles. The van der Waals surface area contributed by atoms with Crippen molar-refractivity contribution in [2.75, 3.05) is 17.1 Å². The van der Waals surface area contributed by atoms with Crippen molar-refractivity contribution in [2.45, 2.75) is 19.9 Å². The molecule has 0 spiro atoms. The summed E-state index contributed by atoms with van der Waals surface area (Å²) in [7, 11) is -3.54. The highest BCUT2D eigenvalue weighted by Crippen LogP contribution is 2.26. The van der Waals surface area contributed by atoms with Gasteiger partial charge in [-0.2, -0.15) is 0 Å². The number of halogens is 1. The van der Waals surface area contributed by atoms with Crippen molar-refractivity contribution in [3.8, 4) is 0 Å². The number of nitrogens with zero attached hydrogens (tertiary/aromatic N) is 2. The monoisotopic (exact) mass is 381 g/mol. The second-order valence-electron chi connectivity index (χ2n) is 5.65. The second-order valence-corrected chi connectivity index (χ2v) is 8.00. The predicted octanol–water partition coefficient (Wildman–Crippen LogP) is 2.52. The molecule has 0 saturated carbocycles. The number of anilines is 1. The third-order valence-electron chi connectivity index (χ3n) is 3.59. The lowest BCUT2D eigenvalue weighted by Gasteiger charge is -2.24. The number of sulfonamides is 1. The number of hydrogen-bond acceptors (Lipinski definition) is 4. The minimum Gasteiger partial charge on any atom is -0.352 e. The van der Waals surface area contributed by atoms with Crippen molar-refractivity contribution in [1.82, 2.24) is 10.3 Å². The molecule has 0 bridgehead atoms. The zero-order valence-electron chi connectivity index (χ0n) is 14.1. The van der Waals surface area contributed by atoms with E-state index < -0.39 is 10.0 Å². The molecule has 0 saturated heterocycles. The van der Waals surface area contributed by atoms with Gasteiger partial charge in [-0.05, 0) is 36.2 Å². The molecule has 0 unspecified atom stereocenters. The van der Waals surface area contributed by atoms with Gasteiger partial charge in [-0.25, -0.2) is 8.42 Å². The van der Waals surface area contributed by atoms with E-state index in [1.54, 1.807) is 43.6 Å². The molecule has 1 aromatic heterocycles. The summed E-state index contributed by atoms with van der Waals surface area (Å²) in [6.45, 7) is 2.19. The first-order valence-corrected chi connectivity index (χ1v) is 9.89. The third kappa shape index (κ3) is 5.72. The van der Waals surface area contributed by atoms with Gasteiger partial charge < -0.3 is 5.32 Å². The molecular formula is C17H20ClN3O3S. The molecule has 0 fully saturated rings. The van der Waals surface area contributed by atoms with Crippen LogP contribution in [0.3, 0.4) is 0 Å². The first-order chi connectivity index (χ1) is 11.8. The van der Waals surface area contributed by atoms with Crippen LogP contribution in [0, 0.1) is 6.92 Å². The molecular weight excluding hydrogens is 362 g/mol. The van der Waals surface area contributed by atoms with Gasteiger partial charge in [-0.3, -0.25) is 14.1 Å². The second kappa shape index (κ2) is 8.31. The lowest BCUT2D eigenvalue weighted by atomic mass is 10.2. The summed E-state index contributed by atoms with van der Waals surface area (Å²) < 4.78 is 25.5. The molecule has 0 aliphatic rings. The molecule has 1 N–H and O–H groups in total.